The van der Waals surface area contributed by atoms with E-state index in [2.05, 4.69) is 0 Å². The third-order valence-electron chi connectivity index (χ3n) is 4.94. The molecule has 1 amide bonds. The predicted octanol–water partition coefficient (Wildman–Crippen LogP) is 1.66. The lowest BCUT2D eigenvalue weighted by Crippen LogP contribution is -2.47. The van der Waals surface area contributed by atoms with Crippen LogP contribution >= 0.6 is 0 Å². The van der Waals surface area contributed by atoms with E-state index in [1.807, 2.05) is 0 Å². The number of hydrogen-bond acceptors (Lipinski definition) is 3. The quantitative estimate of drug-likeness (QED) is 0.832. The molecule has 2 saturated carbocycles. The van der Waals surface area contributed by atoms with Crippen molar-refractivity contribution in [2.45, 2.75) is 57.0 Å². The van der Waals surface area contributed by atoms with Crippen LogP contribution in [0.4, 0.5) is 0 Å². The standard InChI is InChI=1S/C15H23NO4/c17-14(9-20-8-10-5-6-10)16-12-4-2-1-3-11(12)7-13(16)15(18)19/h10-13H,1-9H2,(H,18,19). The minimum absolute atomic E-state index is 0.0451. The van der Waals surface area contributed by atoms with Crippen LogP contribution in [-0.2, 0) is 14.3 Å². The summed E-state index contributed by atoms with van der Waals surface area (Å²) in [4.78, 5) is 25.4. The lowest BCUT2D eigenvalue weighted by atomic mass is 9.85. The highest BCUT2D eigenvalue weighted by Gasteiger charge is 2.47. The summed E-state index contributed by atoms with van der Waals surface area (Å²) in [6.45, 7) is 0.689. The highest BCUT2D eigenvalue weighted by atomic mass is 16.5. The maximum absolute atomic E-state index is 12.4. The molecule has 3 atom stereocenters. The molecule has 2 aliphatic carbocycles. The van der Waals surface area contributed by atoms with Gasteiger partial charge in [0.2, 0.25) is 5.91 Å². The summed E-state index contributed by atoms with van der Waals surface area (Å²) in [6, 6.07) is -0.512. The smallest absolute Gasteiger partial charge is 0.326 e. The Morgan fingerprint density at radius 3 is 2.60 bits per heavy atom. The van der Waals surface area contributed by atoms with E-state index in [0.29, 0.717) is 24.9 Å². The van der Waals surface area contributed by atoms with Gasteiger partial charge in [0.15, 0.2) is 0 Å². The molecule has 3 unspecified atom stereocenters. The first-order valence-electron chi connectivity index (χ1n) is 7.78. The molecular weight excluding hydrogens is 258 g/mol. The molecule has 0 spiro atoms. The molecule has 3 rings (SSSR count). The van der Waals surface area contributed by atoms with Crippen LogP contribution in [0.25, 0.3) is 0 Å². The van der Waals surface area contributed by atoms with E-state index in [0.717, 1.165) is 25.7 Å². The zero-order chi connectivity index (χ0) is 14.1. The number of hydrogen-bond donors (Lipinski definition) is 1. The topological polar surface area (TPSA) is 66.8 Å². The first-order valence-corrected chi connectivity index (χ1v) is 7.78. The monoisotopic (exact) mass is 281 g/mol. The molecule has 5 heteroatoms. The number of amides is 1. The highest BCUT2D eigenvalue weighted by Crippen LogP contribution is 2.39. The van der Waals surface area contributed by atoms with Crippen molar-refractivity contribution in [1.29, 1.82) is 0 Å². The van der Waals surface area contributed by atoms with Crippen LogP contribution in [0.1, 0.15) is 44.9 Å². The summed E-state index contributed by atoms with van der Waals surface area (Å²) < 4.78 is 5.46. The van der Waals surface area contributed by atoms with E-state index in [-0.39, 0.29) is 18.6 Å². The number of carboxylic acids is 1. The lowest BCUT2D eigenvalue weighted by molar-refractivity contribution is -0.152. The van der Waals surface area contributed by atoms with Crippen molar-refractivity contribution < 1.29 is 19.4 Å². The molecule has 1 N–H and O–H groups in total. The number of likely N-dealkylation sites (tertiary alicyclic amines) is 1. The summed E-state index contributed by atoms with van der Waals surface area (Å²) in [5, 5.41) is 9.37. The van der Waals surface area contributed by atoms with Gasteiger partial charge in [0, 0.05) is 6.04 Å². The van der Waals surface area contributed by atoms with Gasteiger partial charge in [0.05, 0.1) is 6.61 Å². The number of carbonyl (C=O) groups is 2. The van der Waals surface area contributed by atoms with Crippen molar-refractivity contribution in [3.8, 4) is 0 Å². The molecule has 20 heavy (non-hydrogen) atoms. The second-order valence-corrected chi connectivity index (χ2v) is 6.46. The molecular formula is C15H23NO4. The van der Waals surface area contributed by atoms with Crippen molar-refractivity contribution in [2.75, 3.05) is 13.2 Å². The average molecular weight is 281 g/mol. The van der Waals surface area contributed by atoms with Crippen LogP contribution in [0.2, 0.25) is 0 Å². The Morgan fingerprint density at radius 2 is 1.90 bits per heavy atom. The molecule has 3 aliphatic rings. The minimum Gasteiger partial charge on any atom is -0.480 e. The molecule has 1 aliphatic heterocycles. The van der Waals surface area contributed by atoms with Gasteiger partial charge in [0.1, 0.15) is 12.6 Å². The lowest BCUT2D eigenvalue weighted by Gasteiger charge is -2.32. The molecule has 112 valence electrons. The van der Waals surface area contributed by atoms with Crippen molar-refractivity contribution in [1.82, 2.24) is 4.90 Å². The fourth-order valence-electron chi connectivity index (χ4n) is 3.71. The van der Waals surface area contributed by atoms with Crippen LogP contribution in [0.3, 0.4) is 0 Å². The predicted molar refractivity (Wildman–Crippen MR) is 72.2 cm³/mol. The Morgan fingerprint density at radius 1 is 1.15 bits per heavy atom. The van der Waals surface area contributed by atoms with Crippen LogP contribution in [-0.4, -0.2) is 47.2 Å². The number of rotatable bonds is 5. The third-order valence-corrected chi connectivity index (χ3v) is 4.94. The zero-order valence-electron chi connectivity index (χ0n) is 11.8. The van der Waals surface area contributed by atoms with Crippen LogP contribution in [0, 0.1) is 11.8 Å². The zero-order valence-corrected chi connectivity index (χ0v) is 11.8. The second-order valence-electron chi connectivity index (χ2n) is 6.46. The third kappa shape index (κ3) is 2.82. The Bertz CT molecular complexity index is 393. The van der Waals surface area contributed by atoms with Crippen LogP contribution < -0.4 is 0 Å². The van der Waals surface area contributed by atoms with E-state index >= 15 is 0 Å². The minimum atomic E-state index is -0.866. The Balaban J connectivity index is 1.62. The fraction of sp³-hybridized carbons (Fsp3) is 0.867. The Labute approximate surface area is 119 Å². The van der Waals surface area contributed by atoms with E-state index in [4.69, 9.17) is 4.74 Å². The van der Waals surface area contributed by atoms with Gasteiger partial charge in [-0.05, 0) is 43.9 Å². The van der Waals surface area contributed by atoms with Gasteiger partial charge in [-0.1, -0.05) is 12.8 Å². The molecule has 0 radical (unpaired) electrons. The van der Waals surface area contributed by atoms with Crippen LogP contribution in [0.5, 0.6) is 0 Å². The Kier molecular flexibility index (Phi) is 3.96. The number of fused-ring (bicyclic) bond motifs is 1. The summed E-state index contributed by atoms with van der Waals surface area (Å²) in [7, 11) is 0. The second kappa shape index (κ2) is 5.72. The molecule has 0 aromatic rings. The molecule has 0 bridgehead atoms. The van der Waals surface area contributed by atoms with E-state index in [1.165, 1.54) is 12.8 Å². The number of carbonyl (C=O) groups excluding carboxylic acids is 1. The van der Waals surface area contributed by atoms with Gasteiger partial charge < -0.3 is 14.7 Å². The van der Waals surface area contributed by atoms with Crippen molar-refractivity contribution >= 4 is 11.9 Å². The fourth-order valence-corrected chi connectivity index (χ4v) is 3.71. The van der Waals surface area contributed by atoms with E-state index < -0.39 is 12.0 Å². The molecule has 1 heterocycles. The molecule has 0 aromatic carbocycles. The molecule has 3 fully saturated rings. The van der Waals surface area contributed by atoms with Gasteiger partial charge in [-0.15, -0.1) is 0 Å². The highest BCUT2D eigenvalue weighted by molar-refractivity contribution is 5.85. The largest absolute Gasteiger partial charge is 0.480 e. The first-order chi connectivity index (χ1) is 9.66. The summed E-state index contributed by atoms with van der Waals surface area (Å²) in [5.41, 5.74) is 0. The normalized spacial score (nSPS) is 33.0. The summed E-state index contributed by atoms with van der Waals surface area (Å²) >= 11 is 0. The van der Waals surface area contributed by atoms with Crippen molar-refractivity contribution in [3.05, 3.63) is 0 Å². The van der Waals surface area contributed by atoms with Gasteiger partial charge in [-0.25, -0.2) is 4.79 Å². The van der Waals surface area contributed by atoms with Gasteiger partial charge in [0.25, 0.3) is 0 Å². The number of ether oxygens (including phenoxy) is 1. The van der Waals surface area contributed by atoms with Gasteiger partial charge in [-0.3, -0.25) is 4.79 Å². The summed E-state index contributed by atoms with van der Waals surface area (Å²) in [6.07, 6.45) is 7.27. The van der Waals surface area contributed by atoms with Crippen LogP contribution in [0.15, 0.2) is 0 Å². The number of aliphatic carboxylic acids is 1. The van der Waals surface area contributed by atoms with E-state index in [9.17, 15) is 14.7 Å². The number of carboxylic acid groups (broad SMARTS) is 1. The van der Waals surface area contributed by atoms with E-state index in [1.54, 1.807) is 4.90 Å². The molecule has 5 nitrogen and oxygen atoms in total. The maximum atomic E-state index is 12.4. The maximum Gasteiger partial charge on any atom is 0.326 e. The SMILES string of the molecule is O=C(O)C1CC2CCCCC2N1C(=O)COCC1CC1. The Hall–Kier alpha value is -1.10. The summed E-state index contributed by atoms with van der Waals surface area (Å²) in [5.74, 6) is -0.00120. The van der Waals surface area contributed by atoms with Gasteiger partial charge >= 0.3 is 5.97 Å². The average Bonchev–Trinajstić information content (AvgIpc) is 3.16. The molecule has 1 saturated heterocycles. The number of nitrogens with zero attached hydrogens (tertiary/aromatic N) is 1. The first kappa shape index (κ1) is 13.9. The van der Waals surface area contributed by atoms with Crippen molar-refractivity contribution in [2.24, 2.45) is 11.8 Å². The van der Waals surface area contributed by atoms with Gasteiger partial charge in [-0.2, -0.15) is 0 Å². The molecule has 0 aromatic heterocycles. The van der Waals surface area contributed by atoms with Crippen molar-refractivity contribution in [3.63, 3.8) is 0 Å².